The molecule has 0 radical (unpaired) electrons. The van der Waals surface area contributed by atoms with Crippen LogP contribution in [0.5, 0.6) is 0 Å². The third-order valence-corrected chi connectivity index (χ3v) is 3.45. The molecule has 20 heavy (non-hydrogen) atoms. The molecule has 2 aromatic heterocycles. The Labute approximate surface area is 117 Å². The van der Waals surface area contributed by atoms with Crippen molar-refractivity contribution in [3.63, 3.8) is 0 Å². The number of rotatable bonds is 4. The number of fused-ring (bicyclic) bond motifs is 1. The average molecular weight is 270 g/mol. The van der Waals surface area contributed by atoms with Crippen LogP contribution in [0.3, 0.4) is 0 Å². The van der Waals surface area contributed by atoms with Gasteiger partial charge in [0.1, 0.15) is 23.5 Å². The van der Waals surface area contributed by atoms with Crippen LogP contribution in [0.4, 0.5) is 0 Å². The molecule has 5 nitrogen and oxygen atoms in total. The molecule has 5 heteroatoms. The highest BCUT2D eigenvalue weighted by Crippen LogP contribution is 2.25. The van der Waals surface area contributed by atoms with E-state index in [1.54, 1.807) is 6.33 Å². The molecule has 0 saturated carbocycles. The minimum Gasteiger partial charge on any atom is -0.459 e. The van der Waals surface area contributed by atoms with E-state index in [1.165, 1.54) is 5.56 Å². The molecule has 0 aliphatic carbocycles. The van der Waals surface area contributed by atoms with Gasteiger partial charge in [-0.3, -0.25) is 4.68 Å². The van der Waals surface area contributed by atoms with Crippen molar-refractivity contribution in [1.29, 1.82) is 0 Å². The van der Waals surface area contributed by atoms with Gasteiger partial charge in [0.05, 0.1) is 6.04 Å². The molecule has 1 aromatic carbocycles. The van der Waals surface area contributed by atoms with Crippen molar-refractivity contribution in [2.24, 2.45) is 5.73 Å². The van der Waals surface area contributed by atoms with Gasteiger partial charge in [-0.15, -0.1) is 0 Å². The number of aromatic nitrogens is 3. The SMILES string of the molecule is CCn1ncnc1CC(N)c1cc2cc(C)ccc2o1. The zero-order valence-electron chi connectivity index (χ0n) is 11.7. The monoisotopic (exact) mass is 270 g/mol. The topological polar surface area (TPSA) is 69.9 Å². The zero-order chi connectivity index (χ0) is 14.1. The molecule has 2 heterocycles. The van der Waals surface area contributed by atoms with Crippen LogP contribution in [-0.2, 0) is 13.0 Å². The number of benzene rings is 1. The number of furan rings is 1. The van der Waals surface area contributed by atoms with E-state index in [4.69, 9.17) is 10.2 Å². The molecule has 3 aromatic rings. The van der Waals surface area contributed by atoms with Gasteiger partial charge in [-0.05, 0) is 32.0 Å². The van der Waals surface area contributed by atoms with E-state index in [0.29, 0.717) is 6.42 Å². The first-order valence-electron chi connectivity index (χ1n) is 6.79. The number of nitrogens with two attached hydrogens (primary N) is 1. The first-order chi connectivity index (χ1) is 9.67. The van der Waals surface area contributed by atoms with Gasteiger partial charge in [0.25, 0.3) is 0 Å². The molecule has 0 amide bonds. The molecule has 0 spiro atoms. The Bertz CT molecular complexity index is 728. The van der Waals surface area contributed by atoms with Crippen molar-refractivity contribution in [1.82, 2.24) is 14.8 Å². The van der Waals surface area contributed by atoms with E-state index in [2.05, 4.69) is 23.1 Å². The van der Waals surface area contributed by atoms with Crippen molar-refractivity contribution >= 4 is 11.0 Å². The second-order valence-electron chi connectivity index (χ2n) is 4.99. The van der Waals surface area contributed by atoms with E-state index in [1.807, 2.05) is 29.8 Å². The molecule has 2 N–H and O–H groups in total. The summed E-state index contributed by atoms with van der Waals surface area (Å²) in [6.07, 6.45) is 2.18. The summed E-state index contributed by atoms with van der Waals surface area (Å²) >= 11 is 0. The van der Waals surface area contributed by atoms with E-state index < -0.39 is 0 Å². The Hall–Kier alpha value is -2.14. The van der Waals surface area contributed by atoms with Crippen LogP contribution in [0.15, 0.2) is 35.0 Å². The molecule has 1 unspecified atom stereocenters. The van der Waals surface area contributed by atoms with E-state index in [-0.39, 0.29) is 6.04 Å². The predicted molar refractivity (Wildman–Crippen MR) is 77.3 cm³/mol. The number of aryl methyl sites for hydroxylation is 2. The van der Waals surface area contributed by atoms with Crippen LogP contribution >= 0.6 is 0 Å². The minimum atomic E-state index is -0.211. The lowest BCUT2D eigenvalue weighted by atomic mass is 10.1. The van der Waals surface area contributed by atoms with Gasteiger partial charge >= 0.3 is 0 Å². The molecular formula is C15H18N4O. The van der Waals surface area contributed by atoms with Crippen molar-refractivity contribution in [3.8, 4) is 0 Å². The molecule has 104 valence electrons. The van der Waals surface area contributed by atoms with Gasteiger partial charge in [0.15, 0.2) is 0 Å². The molecule has 0 saturated heterocycles. The Morgan fingerprint density at radius 1 is 1.35 bits per heavy atom. The Kier molecular flexibility index (Phi) is 3.28. The maximum Gasteiger partial charge on any atom is 0.138 e. The van der Waals surface area contributed by atoms with Crippen LogP contribution in [0.2, 0.25) is 0 Å². The highest BCUT2D eigenvalue weighted by atomic mass is 16.3. The fourth-order valence-electron chi connectivity index (χ4n) is 2.37. The van der Waals surface area contributed by atoms with Gasteiger partial charge in [-0.2, -0.15) is 5.10 Å². The quantitative estimate of drug-likeness (QED) is 0.791. The van der Waals surface area contributed by atoms with Crippen LogP contribution in [0.1, 0.15) is 30.1 Å². The summed E-state index contributed by atoms with van der Waals surface area (Å²) in [5.74, 6) is 1.67. The van der Waals surface area contributed by atoms with Crippen molar-refractivity contribution < 1.29 is 4.42 Å². The second kappa shape index (κ2) is 5.09. The van der Waals surface area contributed by atoms with E-state index >= 15 is 0 Å². The molecular weight excluding hydrogens is 252 g/mol. The van der Waals surface area contributed by atoms with Crippen LogP contribution in [0.25, 0.3) is 11.0 Å². The van der Waals surface area contributed by atoms with Crippen molar-refractivity contribution in [3.05, 3.63) is 47.7 Å². The number of hydrogen-bond acceptors (Lipinski definition) is 4. The fraction of sp³-hybridized carbons (Fsp3) is 0.333. The van der Waals surface area contributed by atoms with Gasteiger partial charge < -0.3 is 10.2 Å². The molecule has 0 fully saturated rings. The first kappa shape index (κ1) is 12.9. The normalized spacial score (nSPS) is 12.9. The summed E-state index contributed by atoms with van der Waals surface area (Å²) < 4.78 is 7.68. The highest BCUT2D eigenvalue weighted by molar-refractivity contribution is 5.78. The highest BCUT2D eigenvalue weighted by Gasteiger charge is 2.15. The predicted octanol–water partition coefficient (Wildman–Crippen LogP) is 2.60. The van der Waals surface area contributed by atoms with E-state index in [9.17, 15) is 0 Å². The standard InChI is InChI=1S/C15H18N4O/c1-3-19-15(17-9-18-19)8-12(16)14-7-11-6-10(2)4-5-13(11)20-14/h4-7,9,12H,3,8,16H2,1-2H3. The fourth-order valence-corrected chi connectivity index (χ4v) is 2.37. The summed E-state index contributed by atoms with van der Waals surface area (Å²) in [6, 6.07) is 7.92. The van der Waals surface area contributed by atoms with Crippen LogP contribution in [0, 0.1) is 6.92 Å². The van der Waals surface area contributed by atoms with Crippen molar-refractivity contribution in [2.75, 3.05) is 0 Å². The van der Waals surface area contributed by atoms with Gasteiger partial charge in [0, 0.05) is 18.4 Å². The van der Waals surface area contributed by atoms with Crippen molar-refractivity contribution in [2.45, 2.75) is 32.9 Å². The minimum absolute atomic E-state index is 0.211. The lowest BCUT2D eigenvalue weighted by molar-refractivity contribution is 0.478. The maximum absolute atomic E-state index is 6.24. The summed E-state index contributed by atoms with van der Waals surface area (Å²) in [5, 5.41) is 5.25. The Morgan fingerprint density at radius 3 is 3.00 bits per heavy atom. The van der Waals surface area contributed by atoms with Crippen LogP contribution in [-0.4, -0.2) is 14.8 Å². The summed E-state index contributed by atoms with van der Waals surface area (Å²) in [6.45, 7) is 4.89. The van der Waals surface area contributed by atoms with E-state index in [0.717, 1.165) is 29.1 Å². The lowest BCUT2D eigenvalue weighted by Crippen LogP contribution is -2.16. The Morgan fingerprint density at radius 2 is 2.20 bits per heavy atom. The van der Waals surface area contributed by atoms with Gasteiger partial charge in [-0.1, -0.05) is 11.6 Å². The maximum atomic E-state index is 6.24. The van der Waals surface area contributed by atoms with Gasteiger partial charge in [-0.25, -0.2) is 4.98 Å². The molecule has 3 rings (SSSR count). The number of hydrogen-bond donors (Lipinski definition) is 1. The molecule has 0 aliphatic rings. The smallest absolute Gasteiger partial charge is 0.138 e. The third-order valence-electron chi connectivity index (χ3n) is 3.45. The van der Waals surface area contributed by atoms with Gasteiger partial charge in [0.2, 0.25) is 0 Å². The molecule has 1 atom stereocenters. The molecule has 0 bridgehead atoms. The molecule has 0 aliphatic heterocycles. The third kappa shape index (κ3) is 2.32. The Balaban J connectivity index is 1.86. The average Bonchev–Trinajstić information content (AvgIpc) is 3.04. The zero-order valence-corrected chi connectivity index (χ0v) is 11.7. The summed E-state index contributed by atoms with van der Waals surface area (Å²) in [7, 11) is 0. The van der Waals surface area contributed by atoms with Crippen LogP contribution < -0.4 is 5.73 Å². The number of nitrogens with zero attached hydrogens (tertiary/aromatic N) is 3. The largest absolute Gasteiger partial charge is 0.459 e. The summed E-state index contributed by atoms with van der Waals surface area (Å²) in [5.41, 5.74) is 8.32. The summed E-state index contributed by atoms with van der Waals surface area (Å²) in [4.78, 5) is 4.25. The lowest BCUT2D eigenvalue weighted by Gasteiger charge is -2.08. The second-order valence-corrected chi connectivity index (χ2v) is 4.99. The first-order valence-corrected chi connectivity index (χ1v) is 6.79.